The lowest BCUT2D eigenvalue weighted by atomic mass is 10.1. The zero-order valence-electron chi connectivity index (χ0n) is 15.0. The van der Waals surface area contributed by atoms with E-state index in [1.165, 1.54) is 15.9 Å². The molecule has 0 aliphatic rings. The SMILES string of the molecule is NNC(=O)CSc1nc2scc(-c3ccccc3)c2c(=O)n1-c1ccccc1Cl. The van der Waals surface area contributed by atoms with Crippen molar-refractivity contribution >= 4 is 50.8 Å². The highest BCUT2D eigenvalue weighted by atomic mass is 35.5. The van der Waals surface area contributed by atoms with Gasteiger partial charge in [-0.15, -0.1) is 11.3 Å². The van der Waals surface area contributed by atoms with E-state index < -0.39 is 0 Å². The van der Waals surface area contributed by atoms with Crippen molar-refractivity contribution in [2.75, 3.05) is 5.75 Å². The van der Waals surface area contributed by atoms with E-state index in [4.69, 9.17) is 17.4 Å². The summed E-state index contributed by atoms with van der Waals surface area (Å²) >= 11 is 8.90. The number of carbonyl (C=O) groups is 1. The molecular weight excluding hydrogens is 428 g/mol. The molecule has 2 heterocycles. The molecule has 29 heavy (non-hydrogen) atoms. The molecule has 3 N–H and O–H groups in total. The number of thioether (sulfide) groups is 1. The van der Waals surface area contributed by atoms with Crippen LogP contribution in [0.4, 0.5) is 0 Å². The van der Waals surface area contributed by atoms with Crippen LogP contribution in [0.15, 0.2) is 69.9 Å². The van der Waals surface area contributed by atoms with Gasteiger partial charge in [0.1, 0.15) is 4.83 Å². The van der Waals surface area contributed by atoms with E-state index in [0.717, 1.165) is 22.9 Å². The van der Waals surface area contributed by atoms with Gasteiger partial charge in [-0.1, -0.05) is 65.8 Å². The largest absolute Gasteiger partial charge is 0.294 e. The van der Waals surface area contributed by atoms with Gasteiger partial charge in [0.25, 0.3) is 5.56 Å². The number of nitrogens with two attached hydrogens (primary N) is 1. The fourth-order valence-electron chi connectivity index (χ4n) is 2.92. The maximum absolute atomic E-state index is 13.6. The molecule has 4 rings (SSSR count). The van der Waals surface area contributed by atoms with Crippen LogP contribution in [-0.4, -0.2) is 21.2 Å². The first kappa shape index (κ1) is 19.7. The van der Waals surface area contributed by atoms with Crippen LogP contribution in [0.25, 0.3) is 27.0 Å². The molecule has 146 valence electrons. The first-order valence-corrected chi connectivity index (χ1v) is 10.8. The molecule has 0 radical (unpaired) electrons. The Labute approximate surface area is 179 Å². The van der Waals surface area contributed by atoms with E-state index in [-0.39, 0.29) is 17.2 Å². The zero-order chi connectivity index (χ0) is 20.4. The normalized spacial score (nSPS) is 11.0. The van der Waals surface area contributed by atoms with Gasteiger partial charge in [-0.2, -0.15) is 0 Å². The van der Waals surface area contributed by atoms with E-state index in [2.05, 4.69) is 10.4 Å². The number of hydrogen-bond donors (Lipinski definition) is 2. The molecule has 0 fully saturated rings. The average molecular weight is 443 g/mol. The lowest BCUT2D eigenvalue weighted by Crippen LogP contribution is -2.32. The lowest BCUT2D eigenvalue weighted by molar-refractivity contribution is -0.118. The molecule has 0 saturated carbocycles. The monoisotopic (exact) mass is 442 g/mol. The molecule has 4 aromatic rings. The van der Waals surface area contributed by atoms with Crippen LogP contribution in [0.1, 0.15) is 0 Å². The topological polar surface area (TPSA) is 90.0 Å². The van der Waals surface area contributed by atoms with Crippen LogP contribution >= 0.6 is 34.7 Å². The molecule has 0 unspecified atom stereocenters. The number of nitrogens with zero attached hydrogens (tertiary/aromatic N) is 2. The molecule has 0 spiro atoms. The van der Waals surface area contributed by atoms with E-state index in [0.29, 0.717) is 26.1 Å². The molecule has 0 bridgehead atoms. The number of benzene rings is 2. The Morgan fingerprint density at radius 3 is 2.62 bits per heavy atom. The van der Waals surface area contributed by atoms with E-state index in [1.807, 2.05) is 35.7 Å². The molecule has 0 aliphatic carbocycles. The molecule has 9 heteroatoms. The van der Waals surface area contributed by atoms with Crippen molar-refractivity contribution < 1.29 is 4.79 Å². The first-order valence-electron chi connectivity index (χ1n) is 8.57. The van der Waals surface area contributed by atoms with E-state index >= 15 is 0 Å². The summed E-state index contributed by atoms with van der Waals surface area (Å²) in [4.78, 5) is 30.5. The third kappa shape index (κ3) is 3.79. The second-order valence-corrected chi connectivity index (χ2v) is 8.25. The Balaban J connectivity index is 1.98. The Morgan fingerprint density at radius 2 is 1.90 bits per heavy atom. The number of hydrazine groups is 1. The summed E-state index contributed by atoms with van der Waals surface area (Å²) in [5.41, 5.74) is 4.11. The van der Waals surface area contributed by atoms with Crippen LogP contribution in [0.2, 0.25) is 5.02 Å². The highest BCUT2D eigenvalue weighted by Gasteiger charge is 2.20. The number of amides is 1. The number of nitrogens with one attached hydrogen (secondary N) is 1. The van der Waals surface area contributed by atoms with Crippen LogP contribution in [0, 0.1) is 0 Å². The Morgan fingerprint density at radius 1 is 1.17 bits per heavy atom. The van der Waals surface area contributed by atoms with Crippen LogP contribution in [0.5, 0.6) is 0 Å². The van der Waals surface area contributed by atoms with Crippen molar-refractivity contribution in [3.8, 4) is 16.8 Å². The van der Waals surface area contributed by atoms with E-state index in [9.17, 15) is 9.59 Å². The fraction of sp³-hybridized carbons (Fsp3) is 0.0500. The Kier molecular flexibility index (Phi) is 5.68. The molecule has 0 atom stereocenters. The molecule has 6 nitrogen and oxygen atoms in total. The first-order chi connectivity index (χ1) is 14.1. The van der Waals surface area contributed by atoms with Crippen molar-refractivity contribution in [3.05, 3.63) is 75.4 Å². The molecule has 0 saturated heterocycles. The molecule has 2 aromatic carbocycles. The highest BCUT2D eigenvalue weighted by molar-refractivity contribution is 7.99. The minimum Gasteiger partial charge on any atom is -0.294 e. The predicted molar refractivity (Wildman–Crippen MR) is 119 cm³/mol. The summed E-state index contributed by atoms with van der Waals surface area (Å²) in [7, 11) is 0. The average Bonchev–Trinajstić information content (AvgIpc) is 3.18. The second kappa shape index (κ2) is 8.38. The van der Waals surface area contributed by atoms with Crippen LogP contribution in [-0.2, 0) is 4.79 Å². The van der Waals surface area contributed by atoms with Gasteiger partial charge in [0.15, 0.2) is 5.16 Å². The van der Waals surface area contributed by atoms with Gasteiger partial charge in [0.2, 0.25) is 5.91 Å². The maximum Gasteiger partial charge on any atom is 0.268 e. The lowest BCUT2D eigenvalue weighted by Gasteiger charge is -2.13. The highest BCUT2D eigenvalue weighted by Crippen LogP contribution is 2.33. The number of aromatic nitrogens is 2. The number of hydrogen-bond acceptors (Lipinski definition) is 6. The number of para-hydroxylation sites is 1. The number of rotatable bonds is 5. The van der Waals surface area contributed by atoms with Crippen molar-refractivity contribution in [2.45, 2.75) is 5.16 Å². The van der Waals surface area contributed by atoms with Gasteiger partial charge in [0, 0.05) is 10.9 Å². The van der Waals surface area contributed by atoms with Crippen molar-refractivity contribution in [1.82, 2.24) is 15.0 Å². The number of fused-ring (bicyclic) bond motifs is 1. The summed E-state index contributed by atoms with van der Waals surface area (Å²) in [6, 6.07) is 16.7. The third-order valence-corrected chi connectivity index (χ3v) is 6.38. The van der Waals surface area contributed by atoms with Gasteiger partial charge in [-0.25, -0.2) is 10.8 Å². The minimum absolute atomic E-state index is 0.0236. The predicted octanol–water partition coefficient (Wildman–Crippen LogP) is 3.85. The van der Waals surface area contributed by atoms with Gasteiger partial charge in [-0.3, -0.25) is 19.6 Å². The molecular formula is C20H15ClN4O2S2. The number of halogens is 1. The smallest absolute Gasteiger partial charge is 0.268 e. The minimum atomic E-state index is -0.369. The van der Waals surface area contributed by atoms with Gasteiger partial charge in [-0.05, 0) is 17.7 Å². The number of carbonyl (C=O) groups excluding carboxylic acids is 1. The second-order valence-electron chi connectivity index (χ2n) is 6.04. The van der Waals surface area contributed by atoms with Crippen molar-refractivity contribution in [2.24, 2.45) is 5.84 Å². The summed E-state index contributed by atoms with van der Waals surface area (Å²) in [6.45, 7) is 0. The van der Waals surface area contributed by atoms with Gasteiger partial charge >= 0.3 is 0 Å². The van der Waals surface area contributed by atoms with Crippen LogP contribution < -0.4 is 16.8 Å². The summed E-state index contributed by atoms with van der Waals surface area (Å²) in [6.07, 6.45) is 0. The molecule has 1 amide bonds. The Bertz CT molecular complexity index is 1250. The van der Waals surface area contributed by atoms with Crippen LogP contribution in [0.3, 0.4) is 0 Å². The van der Waals surface area contributed by atoms with Gasteiger partial charge < -0.3 is 0 Å². The van der Waals surface area contributed by atoms with Crippen molar-refractivity contribution in [3.63, 3.8) is 0 Å². The molecule has 2 aromatic heterocycles. The summed E-state index contributed by atoms with van der Waals surface area (Å²) < 4.78 is 1.46. The quantitative estimate of drug-likeness (QED) is 0.161. The van der Waals surface area contributed by atoms with Gasteiger partial charge in [0.05, 0.1) is 21.8 Å². The standard InChI is InChI=1S/C20H15ClN4O2S2/c21-14-8-4-5-9-15(14)25-19(27)17-13(12-6-2-1-3-7-12)10-28-18(17)23-20(25)29-11-16(26)24-22/h1-10H,11,22H2,(H,24,26). The number of thiophene rings is 1. The third-order valence-electron chi connectivity index (χ3n) is 4.25. The Hall–Kier alpha value is -2.65. The summed E-state index contributed by atoms with van der Waals surface area (Å²) in [5.74, 6) is 4.83. The van der Waals surface area contributed by atoms with E-state index in [1.54, 1.807) is 24.3 Å². The molecule has 0 aliphatic heterocycles. The van der Waals surface area contributed by atoms with Crippen molar-refractivity contribution in [1.29, 1.82) is 0 Å². The summed E-state index contributed by atoms with van der Waals surface area (Å²) in [5, 5.41) is 3.23. The zero-order valence-corrected chi connectivity index (χ0v) is 17.4. The maximum atomic E-state index is 13.6. The fourth-order valence-corrected chi connectivity index (χ4v) is 4.94.